The third-order valence-corrected chi connectivity index (χ3v) is 4.20. The zero-order chi connectivity index (χ0) is 17.1. The summed E-state index contributed by atoms with van der Waals surface area (Å²) in [4.78, 5) is 26.5. The number of ether oxygens (including phenoxy) is 1. The molecule has 0 saturated heterocycles. The number of para-hydroxylation sites is 1. The second kappa shape index (κ2) is 6.63. The van der Waals surface area contributed by atoms with Gasteiger partial charge in [-0.05, 0) is 24.6 Å². The second-order valence-corrected chi connectivity index (χ2v) is 6.06. The number of anilines is 1. The summed E-state index contributed by atoms with van der Waals surface area (Å²) in [6.45, 7) is 1.70. The number of carbonyl (C=O) groups excluding carboxylic acids is 1. The first-order chi connectivity index (χ1) is 11.5. The molecule has 1 amide bonds. The van der Waals surface area contributed by atoms with Crippen LogP contribution >= 0.6 is 11.3 Å². The molecule has 8 heteroatoms. The minimum absolute atomic E-state index is 0.0884. The maximum Gasteiger partial charge on any atom is 0.273 e. The first-order valence-electron chi connectivity index (χ1n) is 7.06. The van der Waals surface area contributed by atoms with Crippen molar-refractivity contribution in [1.82, 2.24) is 4.98 Å². The van der Waals surface area contributed by atoms with Crippen molar-refractivity contribution in [2.24, 2.45) is 0 Å². The number of aromatic nitrogens is 1. The van der Waals surface area contributed by atoms with Crippen LogP contribution in [0.25, 0.3) is 10.2 Å². The standard InChI is InChI=1S/C16H13N3O4S/c1-10-4-2-7-13-15(10)18-16(24-13)17-14(20)9-23-12-6-3-5-11(8-12)19(21)22/h2-8H,9H2,1H3,(H,17,18,20). The number of nitrogens with one attached hydrogen (secondary N) is 1. The lowest BCUT2D eigenvalue weighted by atomic mass is 10.2. The quantitative estimate of drug-likeness (QED) is 0.565. The van der Waals surface area contributed by atoms with Crippen LogP contribution in [0.3, 0.4) is 0 Å². The molecule has 0 saturated carbocycles. The molecule has 0 spiro atoms. The lowest BCUT2D eigenvalue weighted by Gasteiger charge is -2.05. The number of non-ortho nitro benzene ring substituents is 1. The Hall–Kier alpha value is -3.00. The molecule has 1 heterocycles. The van der Waals surface area contributed by atoms with E-state index in [0.29, 0.717) is 5.13 Å². The van der Waals surface area contributed by atoms with Gasteiger partial charge in [0.15, 0.2) is 11.7 Å². The Morgan fingerprint density at radius 3 is 2.88 bits per heavy atom. The van der Waals surface area contributed by atoms with Gasteiger partial charge in [-0.2, -0.15) is 0 Å². The number of fused-ring (bicyclic) bond motifs is 1. The van der Waals surface area contributed by atoms with E-state index in [1.807, 2.05) is 25.1 Å². The molecule has 0 radical (unpaired) electrons. The van der Waals surface area contributed by atoms with E-state index < -0.39 is 4.92 Å². The van der Waals surface area contributed by atoms with E-state index in [0.717, 1.165) is 15.8 Å². The van der Waals surface area contributed by atoms with Crippen molar-refractivity contribution >= 4 is 38.3 Å². The van der Waals surface area contributed by atoms with Crippen molar-refractivity contribution in [2.75, 3.05) is 11.9 Å². The predicted octanol–water partition coefficient (Wildman–Crippen LogP) is 3.53. The molecule has 3 aromatic rings. The van der Waals surface area contributed by atoms with E-state index in [4.69, 9.17) is 4.74 Å². The molecule has 24 heavy (non-hydrogen) atoms. The molecule has 0 atom stereocenters. The number of hydrogen-bond acceptors (Lipinski definition) is 6. The van der Waals surface area contributed by atoms with Gasteiger partial charge in [-0.1, -0.05) is 29.5 Å². The summed E-state index contributed by atoms with van der Waals surface area (Å²) in [5.74, 6) is -0.113. The van der Waals surface area contributed by atoms with Gasteiger partial charge in [0.2, 0.25) is 0 Å². The number of aryl methyl sites for hydroxylation is 1. The molecule has 0 aliphatic carbocycles. The SMILES string of the molecule is Cc1cccc2sc(NC(=O)COc3cccc([N+](=O)[O-])c3)nc12. The average Bonchev–Trinajstić information content (AvgIpc) is 2.97. The normalized spacial score (nSPS) is 10.5. The molecule has 0 unspecified atom stereocenters. The van der Waals surface area contributed by atoms with Crippen molar-refractivity contribution < 1.29 is 14.5 Å². The lowest BCUT2D eigenvalue weighted by molar-refractivity contribution is -0.384. The van der Waals surface area contributed by atoms with Crippen LogP contribution in [0, 0.1) is 17.0 Å². The van der Waals surface area contributed by atoms with Gasteiger partial charge in [-0.15, -0.1) is 0 Å². The van der Waals surface area contributed by atoms with Gasteiger partial charge < -0.3 is 4.74 Å². The van der Waals surface area contributed by atoms with E-state index in [1.54, 1.807) is 6.07 Å². The van der Waals surface area contributed by atoms with Crippen LogP contribution in [0.5, 0.6) is 5.75 Å². The number of nitro groups is 1. The van der Waals surface area contributed by atoms with E-state index >= 15 is 0 Å². The summed E-state index contributed by atoms with van der Waals surface area (Å²) >= 11 is 1.38. The van der Waals surface area contributed by atoms with E-state index in [9.17, 15) is 14.9 Å². The van der Waals surface area contributed by atoms with E-state index in [2.05, 4.69) is 10.3 Å². The Bertz CT molecular complexity index is 923. The van der Waals surface area contributed by atoms with E-state index in [1.165, 1.54) is 29.5 Å². The molecule has 3 rings (SSSR count). The molecule has 0 aliphatic heterocycles. The minimum Gasteiger partial charge on any atom is -0.484 e. The zero-order valence-electron chi connectivity index (χ0n) is 12.7. The van der Waals surface area contributed by atoms with Crippen molar-refractivity contribution in [1.29, 1.82) is 0 Å². The van der Waals surface area contributed by atoms with Crippen LogP contribution in [0.2, 0.25) is 0 Å². The number of hydrogen-bond donors (Lipinski definition) is 1. The van der Waals surface area contributed by atoms with Gasteiger partial charge in [0.1, 0.15) is 5.75 Å². The number of amides is 1. The largest absolute Gasteiger partial charge is 0.484 e. The Balaban J connectivity index is 1.64. The zero-order valence-corrected chi connectivity index (χ0v) is 13.5. The molecule has 122 valence electrons. The number of nitro benzene ring substituents is 1. The molecular weight excluding hydrogens is 330 g/mol. The molecule has 0 fully saturated rings. The molecule has 2 aromatic carbocycles. The number of rotatable bonds is 5. The van der Waals surface area contributed by atoms with Crippen LogP contribution in [0.15, 0.2) is 42.5 Å². The maximum atomic E-state index is 12.0. The highest BCUT2D eigenvalue weighted by molar-refractivity contribution is 7.22. The monoisotopic (exact) mass is 343 g/mol. The second-order valence-electron chi connectivity index (χ2n) is 5.03. The summed E-state index contributed by atoms with van der Waals surface area (Å²) in [6.07, 6.45) is 0. The van der Waals surface area contributed by atoms with Gasteiger partial charge in [0, 0.05) is 6.07 Å². The fourth-order valence-corrected chi connectivity index (χ4v) is 3.09. The van der Waals surface area contributed by atoms with Gasteiger partial charge >= 0.3 is 0 Å². The summed E-state index contributed by atoms with van der Waals surface area (Å²) in [6, 6.07) is 11.5. The Labute approximate surface area is 141 Å². The Morgan fingerprint density at radius 2 is 2.12 bits per heavy atom. The van der Waals surface area contributed by atoms with Gasteiger partial charge in [-0.25, -0.2) is 4.98 Å². The van der Waals surface area contributed by atoms with Crippen LogP contribution in [-0.2, 0) is 4.79 Å². The maximum absolute atomic E-state index is 12.0. The van der Waals surface area contributed by atoms with E-state index in [-0.39, 0.29) is 24.0 Å². The first-order valence-corrected chi connectivity index (χ1v) is 7.88. The first kappa shape index (κ1) is 15.9. The number of benzene rings is 2. The number of nitrogens with zero attached hydrogens (tertiary/aromatic N) is 2. The molecule has 1 aromatic heterocycles. The van der Waals surface area contributed by atoms with Gasteiger partial charge in [0.05, 0.1) is 21.2 Å². The molecule has 7 nitrogen and oxygen atoms in total. The van der Waals surface area contributed by atoms with Crippen LogP contribution in [0.4, 0.5) is 10.8 Å². The summed E-state index contributed by atoms with van der Waals surface area (Å²) in [7, 11) is 0. The van der Waals surface area contributed by atoms with Crippen LogP contribution in [-0.4, -0.2) is 22.4 Å². The average molecular weight is 343 g/mol. The molecule has 0 aliphatic rings. The van der Waals surface area contributed by atoms with Crippen molar-refractivity contribution in [3.05, 3.63) is 58.1 Å². The summed E-state index contributed by atoms with van der Waals surface area (Å²) in [5, 5.41) is 13.9. The Morgan fingerprint density at radius 1 is 1.33 bits per heavy atom. The fraction of sp³-hybridized carbons (Fsp3) is 0.125. The lowest BCUT2D eigenvalue weighted by Crippen LogP contribution is -2.20. The van der Waals surface area contributed by atoms with Crippen LogP contribution in [0.1, 0.15) is 5.56 Å². The van der Waals surface area contributed by atoms with Gasteiger partial charge in [-0.3, -0.25) is 20.2 Å². The van der Waals surface area contributed by atoms with Crippen molar-refractivity contribution in [2.45, 2.75) is 6.92 Å². The topological polar surface area (TPSA) is 94.4 Å². The third-order valence-electron chi connectivity index (χ3n) is 3.27. The smallest absolute Gasteiger partial charge is 0.273 e. The highest BCUT2D eigenvalue weighted by atomic mass is 32.1. The molecular formula is C16H13N3O4S. The van der Waals surface area contributed by atoms with Crippen LogP contribution < -0.4 is 10.1 Å². The highest BCUT2D eigenvalue weighted by Crippen LogP contribution is 2.27. The highest BCUT2D eigenvalue weighted by Gasteiger charge is 2.11. The molecule has 0 bridgehead atoms. The number of thiazole rings is 1. The third kappa shape index (κ3) is 3.49. The summed E-state index contributed by atoms with van der Waals surface area (Å²) in [5.41, 5.74) is 1.81. The fourth-order valence-electron chi connectivity index (χ4n) is 2.13. The minimum atomic E-state index is -0.517. The van der Waals surface area contributed by atoms with Crippen molar-refractivity contribution in [3.8, 4) is 5.75 Å². The Kier molecular flexibility index (Phi) is 4.39. The predicted molar refractivity (Wildman–Crippen MR) is 91.6 cm³/mol. The molecule has 1 N–H and O–H groups in total. The summed E-state index contributed by atoms with van der Waals surface area (Å²) < 4.78 is 6.28. The number of carbonyl (C=O) groups is 1. The van der Waals surface area contributed by atoms with Gasteiger partial charge in [0.25, 0.3) is 11.6 Å². The van der Waals surface area contributed by atoms with Crippen molar-refractivity contribution in [3.63, 3.8) is 0 Å².